The van der Waals surface area contributed by atoms with Crippen molar-refractivity contribution in [1.29, 1.82) is 0 Å². The number of rotatable bonds is 8. The van der Waals surface area contributed by atoms with Crippen LogP contribution in [0.3, 0.4) is 0 Å². The molecule has 2 rings (SSSR count). The van der Waals surface area contributed by atoms with E-state index in [0.29, 0.717) is 6.54 Å². The summed E-state index contributed by atoms with van der Waals surface area (Å²) in [5.41, 5.74) is 1.18. The minimum absolute atomic E-state index is 0.0985. The normalized spacial score (nSPS) is 19.1. The topological polar surface area (TPSA) is 53.6 Å². The number of carbonyl (C=O) groups is 1. The third-order valence-electron chi connectivity index (χ3n) is 4.87. The van der Waals surface area contributed by atoms with Gasteiger partial charge in [-0.2, -0.15) is 0 Å². The van der Waals surface area contributed by atoms with E-state index >= 15 is 0 Å². The van der Waals surface area contributed by atoms with E-state index in [1.807, 2.05) is 12.1 Å². The molecule has 24 heavy (non-hydrogen) atoms. The molecule has 1 aromatic carbocycles. The SMILES string of the molecule is CCN(CC)C(CNC(=O)C1CCCNC1)c1cccc(OC)c1. The Balaban J connectivity index is 2.06. The molecule has 0 bridgehead atoms. The van der Waals surface area contributed by atoms with Crippen LogP contribution in [0.5, 0.6) is 5.75 Å². The fraction of sp³-hybridized carbons (Fsp3) is 0.632. The molecule has 1 fully saturated rings. The average Bonchev–Trinajstić information content (AvgIpc) is 2.65. The summed E-state index contributed by atoms with van der Waals surface area (Å²) in [6, 6.07) is 8.31. The Morgan fingerprint density at radius 3 is 2.83 bits per heavy atom. The Labute approximate surface area is 145 Å². The van der Waals surface area contributed by atoms with Gasteiger partial charge in [-0.05, 0) is 50.2 Å². The second kappa shape index (κ2) is 9.64. The number of hydrogen-bond donors (Lipinski definition) is 2. The van der Waals surface area contributed by atoms with Gasteiger partial charge in [0.25, 0.3) is 0 Å². The summed E-state index contributed by atoms with van der Waals surface area (Å²) >= 11 is 0. The number of likely N-dealkylation sites (N-methyl/N-ethyl adjacent to an activating group) is 1. The zero-order valence-electron chi connectivity index (χ0n) is 15.2. The molecule has 5 heteroatoms. The first-order valence-corrected chi connectivity index (χ1v) is 9.06. The van der Waals surface area contributed by atoms with Gasteiger partial charge in [0.05, 0.1) is 19.1 Å². The molecule has 0 saturated carbocycles. The standard InChI is InChI=1S/C19H31N3O2/c1-4-22(5-2)18(15-8-6-10-17(12-15)24-3)14-21-19(23)16-9-7-11-20-13-16/h6,8,10,12,16,18,20H,4-5,7,9,11,13-14H2,1-3H3,(H,21,23). The molecule has 1 aromatic rings. The summed E-state index contributed by atoms with van der Waals surface area (Å²) < 4.78 is 5.36. The Morgan fingerprint density at radius 1 is 1.42 bits per heavy atom. The molecule has 0 spiro atoms. The summed E-state index contributed by atoms with van der Waals surface area (Å²) in [5, 5.41) is 6.48. The van der Waals surface area contributed by atoms with E-state index in [-0.39, 0.29) is 17.9 Å². The summed E-state index contributed by atoms with van der Waals surface area (Å²) in [6.45, 7) is 8.65. The van der Waals surface area contributed by atoms with Crippen LogP contribution in [0.2, 0.25) is 0 Å². The van der Waals surface area contributed by atoms with Gasteiger partial charge in [-0.3, -0.25) is 9.69 Å². The lowest BCUT2D eigenvalue weighted by Gasteiger charge is -2.31. The highest BCUT2D eigenvalue weighted by Crippen LogP contribution is 2.24. The molecule has 1 heterocycles. The molecule has 2 unspecified atom stereocenters. The molecule has 0 aliphatic carbocycles. The van der Waals surface area contributed by atoms with E-state index in [9.17, 15) is 4.79 Å². The number of nitrogens with one attached hydrogen (secondary N) is 2. The molecular weight excluding hydrogens is 302 g/mol. The first-order chi connectivity index (χ1) is 11.7. The largest absolute Gasteiger partial charge is 0.497 e. The smallest absolute Gasteiger partial charge is 0.224 e. The lowest BCUT2D eigenvalue weighted by atomic mass is 9.98. The second-order valence-corrected chi connectivity index (χ2v) is 6.30. The maximum absolute atomic E-state index is 12.5. The van der Waals surface area contributed by atoms with E-state index in [4.69, 9.17) is 4.74 Å². The summed E-state index contributed by atoms with van der Waals surface area (Å²) in [4.78, 5) is 14.8. The van der Waals surface area contributed by atoms with Crippen molar-refractivity contribution in [1.82, 2.24) is 15.5 Å². The first kappa shape index (κ1) is 18.7. The van der Waals surface area contributed by atoms with Crippen molar-refractivity contribution in [3.8, 4) is 5.75 Å². The van der Waals surface area contributed by atoms with Gasteiger partial charge >= 0.3 is 0 Å². The van der Waals surface area contributed by atoms with Crippen molar-refractivity contribution in [2.45, 2.75) is 32.7 Å². The van der Waals surface area contributed by atoms with Gasteiger partial charge in [0.15, 0.2) is 0 Å². The van der Waals surface area contributed by atoms with Gasteiger partial charge in [-0.15, -0.1) is 0 Å². The van der Waals surface area contributed by atoms with Crippen LogP contribution in [0.1, 0.15) is 38.3 Å². The first-order valence-electron chi connectivity index (χ1n) is 9.06. The van der Waals surface area contributed by atoms with Crippen LogP contribution >= 0.6 is 0 Å². The Kier molecular flexibility index (Phi) is 7.53. The Hall–Kier alpha value is -1.59. The number of benzene rings is 1. The minimum Gasteiger partial charge on any atom is -0.497 e. The zero-order valence-corrected chi connectivity index (χ0v) is 15.2. The average molecular weight is 333 g/mol. The van der Waals surface area contributed by atoms with E-state index < -0.39 is 0 Å². The second-order valence-electron chi connectivity index (χ2n) is 6.30. The highest BCUT2D eigenvalue weighted by molar-refractivity contribution is 5.79. The molecule has 5 nitrogen and oxygen atoms in total. The molecule has 1 aliphatic heterocycles. The molecule has 134 valence electrons. The lowest BCUT2D eigenvalue weighted by molar-refractivity contribution is -0.125. The minimum atomic E-state index is 0.0985. The van der Waals surface area contributed by atoms with Crippen LogP contribution in [0, 0.1) is 5.92 Å². The predicted octanol–water partition coefficient (Wildman–Crippen LogP) is 2.19. The monoisotopic (exact) mass is 333 g/mol. The Bertz CT molecular complexity index is 511. The maximum Gasteiger partial charge on any atom is 0.224 e. The van der Waals surface area contributed by atoms with Crippen LogP contribution in [-0.4, -0.2) is 50.6 Å². The molecule has 1 saturated heterocycles. The summed E-state index contributed by atoms with van der Waals surface area (Å²) in [5.74, 6) is 1.12. The zero-order chi connectivity index (χ0) is 17.4. The van der Waals surface area contributed by atoms with Gasteiger partial charge in [0.2, 0.25) is 5.91 Å². The van der Waals surface area contributed by atoms with E-state index in [1.165, 1.54) is 5.56 Å². The summed E-state index contributed by atoms with van der Waals surface area (Å²) in [6.07, 6.45) is 2.06. The van der Waals surface area contributed by atoms with Crippen LogP contribution in [-0.2, 0) is 4.79 Å². The van der Waals surface area contributed by atoms with Gasteiger partial charge in [0.1, 0.15) is 5.75 Å². The number of hydrogen-bond acceptors (Lipinski definition) is 4. The quantitative estimate of drug-likeness (QED) is 0.766. The Morgan fingerprint density at radius 2 is 2.21 bits per heavy atom. The molecule has 1 amide bonds. The fourth-order valence-corrected chi connectivity index (χ4v) is 3.39. The van der Waals surface area contributed by atoms with E-state index in [0.717, 1.165) is 44.8 Å². The molecular formula is C19H31N3O2. The number of carbonyl (C=O) groups excluding carboxylic acids is 1. The highest BCUT2D eigenvalue weighted by atomic mass is 16.5. The van der Waals surface area contributed by atoms with Crippen molar-refractivity contribution < 1.29 is 9.53 Å². The number of methoxy groups -OCH3 is 1. The lowest BCUT2D eigenvalue weighted by Crippen LogP contribution is -2.44. The van der Waals surface area contributed by atoms with Crippen molar-refractivity contribution in [3.63, 3.8) is 0 Å². The third kappa shape index (κ3) is 4.95. The molecule has 1 aliphatic rings. The molecule has 0 aromatic heterocycles. The van der Waals surface area contributed by atoms with Gasteiger partial charge in [0, 0.05) is 13.1 Å². The molecule has 2 atom stereocenters. The predicted molar refractivity (Wildman–Crippen MR) is 97.3 cm³/mol. The van der Waals surface area contributed by atoms with Gasteiger partial charge in [-0.1, -0.05) is 26.0 Å². The number of ether oxygens (including phenoxy) is 1. The van der Waals surface area contributed by atoms with Crippen molar-refractivity contribution in [2.75, 3.05) is 39.8 Å². The molecule has 0 radical (unpaired) electrons. The highest BCUT2D eigenvalue weighted by Gasteiger charge is 2.24. The third-order valence-corrected chi connectivity index (χ3v) is 4.87. The van der Waals surface area contributed by atoms with Crippen LogP contribution in [0.15, 0.2) is 24.3 Å². The van der Waals surface area contributed by atoms with Crippen LogP contribution in [0.4, 0.5) is 0 Å². The van der Waals surface area contributed by atoms with Crippen molar-refractivity contribution in [3.05, 3.63) is 29.8 Å². The number of amides is 1. The van der Waals surface area contributed by atoms with E-state index in [2.05, 4.69) is 41.5 Å². The molecule has 2 N–H and O–H groups in total. The van der Waals surface area contributed by atoms with Gasteiger partial charge in [-0.25, -0.2) is 0 Å². The fourth-order valence-electron chi connectivity index (χ4n) is 3.39. The number of piperidine rings is 1. The van der Waals surface area contributed by atoms with Crippen LogP contribution < -0.4 is 15.4 Å². The van der Waals surface area contributed by atoms with Crippen molar-refractivity contribution in [2.24, 2.45) is 5.92 Å². The maximum atomic E-state index is 12.5. The van der Waals surface area contributed by atoms with Crippen molar-refractivity contribution >= 4 is 5.91 Å². The van der Waals surface area contributed by atoms with Crippen LogP contribution in [0.25, 0.3) is 0 Å². The summed E-state index contributed by atoms with van der Waals surface area (Å²) in [7, 11) is 1.68. The van der Waals surface area contributed by atoms with E-state index in [1.54, 1.807) is 7.11 Å². The number of nitrogens with zero attached hydrogens (tertiary/aromatic N) is 1. The van der Waals surface area contributed by atoms with Gasteiger partial charge < -0.3 is 15.4 Å².